The lowest BCUT2D eigenvalue weighted by Crippen LogP contribution is -2.39. The van der Waals surface area contributed by atoms with E-state index in [1.807, 2.05) is 4.90 Å². The van der Waals surface area contributed by atoms with Crippen molar-refractivity contribution in [2.45, 2.75) is 25.8 Å². The molecule has 0 spiro atoms. The highest BCUT2D eigenvalue weighted by molar-refractivity contribution is 7.10. The number of nitrogens with zero attached hydrogens (tertiary/aromatic N) is 3. The molecule has 1 unspecified atom stereocenters. The van der Waals surface area contributed by atoms with Crippen molar-refractivity contribution in [1.82, 2.24) is 14.7 Å². The first-order chi connectivity index (χ1) is 11.2. The average Bonchev–Trinajstić information content (AvgIpc) is 3.18. The third kappa shape index (κ3) is 2.46. The van der Waals surface area contributed by atoms with Crippen LogP contribution >= 0.6 is 22.9 Å². The number of hydrogen-bond donors (Lipinski definition) is 1. The Morgan fingerprint density at radius 1 is 1.57 bits per heavy atom. The summed E-state index contributed by atoms with van der Waals surface area (Å²) >= 11 is 7.80. The van der Waals surface area contributed by atoms with Gasteiger partial charge in [-0.1, -0.05) is 18.5 Å². The van der Waals surface area contributed by atoms with Gasteiger partial charge in [-0.3, -0.25) is 4.79 Å². The third-order valence-corrected chi connectivity index (χ3v) is 5.63. The fourth-order valence-electron chi connectivity index (χ4n) is 3.31. The Bertz CT molecular complexity index is 794. The molecule has 0 fully saturated rings. The molecule has 1 amide bonds. The van der Waals surface area contributed by atoms with Gasteiger partial charge in [-0.05, 0) is 29.9 Å². The summed E-state index contributed by atoms with van der Waals surface area (Å²) in [5.74, 6) is 0.793. The number of halogens is 1. The molecule has 23 heavy (non-hydrogen) atoms. The number of hydrogen-bond acceptors (Lipinski definition) is 4. The molecule has 0 saturated heterocycles. The van der Waals surface area contributed by atoms with Crippen molar-refractivity contribution < 1.29 is 4.79 Å². The Labute approximate surface area is 143 Å². The van der Waals surface area contributed by atoms with E-state index in [0.29, 0.717) is 17.3 Å². The molecular weight excluding hydrogens is 332 g/mol. The van der Waals surface area contributed by atoms with Crippen LogP contribution in [0.25, 0.3) is 6.20 Å². The first-order valence-corrected chi connectivity index (χ1v) is 9.00. The molecule has 0 bridgehead atoms. The molecule has 1 atom stereocenters. The van der Waals surface area contributed by atoms with Crippen LogP contribution in [0.5, 0.6) is 0 Å². The molecular formula is C16H17ClN4OS. The second-order valence-corrected chi connectivity index (χ2v) is 7.25. The number of fused-ring (bicyclic) bond motifs is 2. The van der Waals surface area contributed by atoms with Gasteiger partial charge < -0.3 is 10.2 Å². The minimum Gasteiger partial charge on any atom is -0.365 e. The van der Waals surface area contributed by atoms with Crippen molar-refractivity contribution >= 4 is 40.9 Å². The van der Waals surface area contributed by atoms with E-state index in [4.69, 9.17) is 11.6 Å². The summed E-state index contributed by atoms with van der Waals surface area (Å²) in [4.78, 5) is 16.3. The second kappa shape index (κ2) is 5.69. The molecule has 2 aromatic heterocycles. The van der Waals surface area contributed by atoms with E-state index in [2.05, 4.69) is 28.8 Å². The molecule has 2 aromatic rings. The summed E-state index contributed by atoms with van der Waals surface area (Å²) in [7, 11) is 0. The molecule has 5 nitrogen and oxygen atoms in total. The quantitative estimate of drug-likeness (QED) is 0.902. The lowest BCUT2D eigenvalue weighted by molar-refractivity contribution is 0.0651. The highest BCUT2D eigenvalue weighted by Gasteiger charge is 2.32. The summed E-state index contributed by atoms with van der Waals surface area (Å²) < 4.78 is 1.64. The van der Waals surface area contributed by atoms with Gasteiger partial charge in [0.15, 0.2) is 5.69 Å². The summed E-state index contributed by atoms with van der Waals surface area (Å²) in [5.41, 5.74) is 1.76. The summed E-state index contributed by atoms with van der Waals surface area (Å²) in [6.07, 6.45) is 3.58. The van der Waals surface area contributed by atoms with E-state index in [-0.39, 0.29) is 11.9 Å². The van der Waals surface area contributed by atoms with Crippen LogP contribution in [0, 0.1) is 0 Å². The molecule has 0 aliphatic carbocycles. The SMILES string of the molecule is CCC1c2ccsc2CCN1C(=O)c1cc2n(n1)C=C(Cl)CN2. The Kier molecular flexibility index (Phi) is 3.66. The van der Waals surface area contributed by atoms with E-state index in [9.17, 15) is 4.79 Å². The van der Waals surface area contributed by atoms with E-state index in [1.165, 1.54) is 10.4 Å². The van der Waals surface area contributed by atoms with Gasteiger partial charge >= 0.3 is 0 Å². The van der Waals surface area contributed by atoms with Gasteiger partial charge in [-0.15, -0.1) is 11.3 Å². The Morgan fingerprint density at radius 3 is 3.26 bits per heavy atom. The van der Waals surface area contributed by atoms with E-state index < -0.39 is 0 Å². The molecule has 4 rings (SSSR count). The largest absolute Gasteiger partial charge is 0.365 e. The van der Waals surface area contributed by atoms with Crippen LogP contribution in [0.2, 0.25) is 0 Å². The van der Waals surface area contributed by atoms with Crippen LogP contribution in [0.15, 0.2) is 22.5 Å². The summed E-state index contributed by atoms with van der Waals surface area (Å²) in [5, 5.41) is 10.3. The predicted octanol–water partition coefficient (Wildman–Crippen LogP) is 3.56. The van der Waals surface area contributed by atoms with E-state index >= 15 is 0 Å². The lowest BCUT2D eigenvalue weighted by atomic mass is 9.97. The van der Waals surface area contributed by atoms with Crippen molar-refractivity contribution in [2.75, 3.05) is 18.4 Å². The van der Waals surface area contributed by atoms with Crippen molar-refractivity contribution in [3.8, 4) is 0 Å². The Hall–Kier alpha value is -1.79. The number of thiophene rings is 1. The Balaban J connectivity index is 1.65. The van der Waals surface area contributed by atoms with Crippen molar-refractivity contribution in [3.63, 3.8) is 0 Å². The monoisotopic (exact) mass is 348 g/mol. The predicted molar refractivity (Wildman–Crippen MR) is 92.9 cm³/mol. The summed E-state index contributed by atoms with van der Waals surface area (Å²) in [6.45, 7) is 3.44. The smallest absolute Gasteiger partial charge is 0.274 e. The topological polar surface area (TPSA) is 50.2 Å². The minimum absolute atomic E-state index is 0.0121. The molecule has 0 aromatic carbocycles. The molecule has 1 N–H and O–H groups in total. The maximum atomic E-state index is 13.0. The van der Waals surface area contributed by atoms with Gasteiger partial charge in [0, 0.05) is 23.7 Å². The van der Waals surface area contributed by atoms with Crippen LogP contribution in [-0.4, -0.2) is 33.7 Å². The maximum Gasteiger partial charge on any atom is 0.274 e. The molecule has 2 aliphatic heterocycles. The van der Waals surface area contributed by atoms with Crippen LogP contribution in [0.1, 0.15) is 40.3 Å². The molecule has 120 valence electrons. The molecule has 2 aliphatic rings. The van der Waals surface area contributed by atoms with E-state index in [0.717, 1.165) is 25.2 Å². The number of carbonyl (C=O) groups excluding carboxylic acids is 1. The average molecular weight is 349 g/mol. The lowest BCUT2D eigenvalue weighted by Gasteiger charge is -2.35. The van der Waals surface area contributed by atoms with Crippen molar-refractivity contribution in [3.05, 3.63) is 38.7 Å². The number of rotatable bonds is 2. The standard InChI is InChI=1S/C16H17ClN4OS/c1-2-13-11-4-6-23-14(11)3-5-20(13)16(22)12-7-15-18-8-10(17)9-21(15)19-12/h4,6-7,9,13,18H,2-3,5,8H2,1H3. The van der Waals surface area contributed by atoms with Gasteiger partial charge in [-0.2, -0.15) is 5.10 Å². The van der Waals surface area contributed by atoms with Crippen molar-refractivity contribution in [1.29, 1.82) is 0 Å². The molecule has 4 heterocycles. The van der Waals surface area contributed by atoms with Crippen LogP contribution in [0.4, 0.5) is 5.82 Å². The second-order valence-electron chi connectivity index (χ2n) is 5.76. The molecule has 0 saturated carbocycles. The maximum absolute atomic E-state index is 13.0. The van der Waals surface area contributed by atoms with Gasteiger partial charge in [0.25, 0.3) is 5.91 Å². The normalized spacial score (nSPS) is 19.7. The third-order valence-electron chi connectivity index (χ3n) is 4.40. The van der Waals surface area contributed by atoms with Crippen LogP contribution < -0.4 is 5.32 Å². The number of amides is 1. The van der Waals surface area contributed by atoms with Gasteiger partial charge in [0.05, 0.1) is 17.6 Å². The summed E-state index contributed by atoms with van der Waals surface area (Å²) in [6, 6.07) is 4.09. The highest BCUT2D eigenvalue weighted by atomic mass is 35.5. The molecule has 0 radical (unpaired) electrons. The number of nitrogens with one attached hydrogen (secondary N) is 1. The van der Waals surface area contributed by atoms with Crippen LogP contribution in [0.3, 0.4) is 0 Å². The fourth-order valence-corrected chi connectivity index (χ4v) is 4.40. The number of aromatic nitrogens is 2. The van der Waals surface area contributed by atoms with Gasteiger partial charge in [0.2, 0.25) is 0 Å². The fraction of sp³-hybridized carbons (Fsp3) is 0.375. The zero-order valence-corrected chi connectivity index (χ0v) is 14.3. The highest BCUT2D eigenvalue weighted by Crippen LogP contribution is 2.36. The first-order valence-electron chi connectivity index (χ1n) is 7.74. The number of carbonyl (C=O) groups is 1. The zero-order valence-electron chi connectivity index (χ0n) is 12.8. The number of anilines is 1. The zero-order chi connectivity index (χ0) is 16.0. The van der Waals surface area contributed by atoms with Crippen molar-refractivity contribution in [2.24, 2.45) is 0 Å². The van der Waals surface area contributed by atoms with Crippen LogP contribution in [-0.2, 0) is 6.42 Å². The first kappa shape index (κ1) is 14.8. The Morgan fingerprint density at radius 2 is 2.43 bits per heavy atom. The van der Waals surface area contributed by atoms with Gasteiger partial charge in [-0.25, -0.2) is 4.68 Å². The minimum atomic E-state index is -0.0121. The van der Waals surface area contributed by atoms with E-state index in [1.54, 1.807) is 28.3 Å². The van der Waals surface area contributed by atoms with Gasteiger partial charge in [0.1, 0.15) is 5.82 Å². The molecule has 7 heteroatoms.